The number of anilines is 1. The van der Waals surface area contributed by atoms with E-state index in [9.17, 15) is 18.4 Å². The minimum atomic E-state index is -0.910. The number of benzene rings is 1. The van der Waals surface area contributed by atoms with Crippen LogP contribution in [-0.2, 0) is 9.53 Å². The third kappa shape index (κ3) is 4.74. The third-order valence-electron chi connectivity index (χ3n) is 4.70. The highest BCUT2D eigenvalue weighted by Gasteiger charge is 2.32. The molecule has 1 aliphatic rings. The van der Waals surface area contributed by atoms with Crippen LogP contribution in [0.5, 0.6) is 0 Å². The molecule has 0 aliphatic heterocycles. The van der Waals surface area contributed by atoms with E-state index in [2.05, 4.69) is 5.32 Å². The number of nitrogens with two attached hydrogens (primary N) is 1. The molecule has 1 aliphatic carbocycles. The van der Waals surface area contributed by atoms with Gasteiger partial charge in [0.05, 0.1) is 12.2 Å². The highest BCUT2D eigenvalue weighted by Crippen LogP contribution is 2.46. The average Bonchev–Trinajstić information content (AvgIpc) is 3.42. The molecule has 1 atom stereocenters. The number of nitrogens with one attached hydrogen (secondary N) is 1. The van der Waals surface area contributed by atoms with Crippen LogP contribution >= 0.6 is 11.3 Å². The number of ether oxygens (including phenoxy) is 1. The Labute approximate surface area is 166 Å². The highest BCUT2D eigenvalue weighted by atomic mass is 32.1. The van der Waals surface area contributed by atoms with E-state index in [1.165, 1.54) is 17.4 Å². The van der Waals surface area contributed by atoms with Crippen LogP contribution < -0.4 is 10.6 Å². The summed E-state index contributed by atoms with van der Waals surface area (Å²) in [4.78, 5) is 24.7. The summed E-state index contributed by atoms with van der Waals surface area (Å²) in [6, 6.07) is 3.48. The summed E-state index contributed by atoms with van der Waals surface area (Å²) in [5, 5.41) is 6.93. The molecule has 1 fully saturated rings. The summed E-state index contributed by atoms with van der Waals surface area (Å²) in [5.41, 5.74) is 1.99. The van der Waals surface area contributed by atoms with Crippen molar-refractivity contribution in [1.82, 2.24) is 0 Å². The standard InChI is InChI=1S/C20H22F2N2O3S/c1-3-27-20(26)18-14(12-4-5-12)10-28-19(18)24-17(25)9-23-11(2)13-6-7-15(21)16(22)8-13/h6-8,10-12,23H,3-5,9H2,1-2H3,(H,24,25)/p+1/t11-/m1/s1. The van der Waals surface area contributed by atoms with Crippen LogP contribution in [0.2, 0.25) is 0 Å². The Morgan fingerprint density at radius 3 is 2.71 bits per heavy atom. The van der Waals surface area contributed by atoms with Gasteiger partial charge in [0.2, 0.25) is 0 Å². The predicted octanol–water partition coefficient (Wildman–Crippen LogP) is 3.34. The van der Waals surface area contributed by atoms with E-state index in [-0.39, 0.29) is 25.1 Å². The second kappa shape index (κ2) is 8.79. The number of carbonyl (C=O) groups excluding carboxylic acids is 2. The zero-order valence-corrected chi connectivity index (χ0v) is 16.6. The molecule has 0 saturated heterocycles. The monoisotopic (exact) mass is 409 g/mol. The van der Waals surface area contributed by atoms with Gasteiger partial charge in [-0.3, -0.25) is 4.79 Å². The molecule has 2 aromatic rings. The molecule has 1 aromatic carbocycles. The number of esters is 1. The zero-order valence-electron chi connectivity index (χ0n) is 15.8. The van der Waals surface area contributed by atoms with Crippen molar-refractivity contribution in [2.45, 2.75) is 38.6 Å². The van der Waals surface area contributed by atoms with Crippen molar-refractivity contribution in [3.05, 3.63) is 51.9 Å². The van der Waals surface area contributed by atoms with Crippen LogP contribution in [0, 0.1) is 11.6 Å². The first-order chi connectivity index (χ1) is 13.4. The second-order valence-electron chi connectivity index (χ2n) is 6.84. The normalized spacial score (nSPS) is 14.6. The Kier molecular flexibility index (Phi) is 6.41. The predicted molar refractivity (Wildman–Crippen MR) is 102 cm³/mol. The van der Waals surface area contributed by atoms with Gasteiger partial charge in [0.1, 0.15) is 11.0 Å². The van der Waals surface area contributed by atoms with Gasteiger partial charge in [0.25, 0.3) is 5.91 Å². The van der Waals surface area contributed by atoms with Gasteiger partial charge in [-0.2, -0.15) is 0 Å². The fourth-order valence-electron chi connectivity index (χ4n) is 2.96. The molecule has 1 amide bonds. The van der Waals surface area contributed by atoms with E-state index >= 15 is 0 Å². The van der Waals surface area contributed by atoms with Gasteiger partial charge in [0.15, 0.2) is 18.2 Å². The maximum atomic E-state index is 13.4. The highest BCUT2D eigenvalue weighted by molar-refractivity contribution is 7.15. The molecule has 3 rings (SSSR count). The van der Waals surface area contributed by atoms with Gasteiger partial charge < -0.3 is 15.4 Å². The molecule has 0 radical (unpaired) electrons. The van der Waals surface area contributed by atoms with Crippen molar-refractivity contribution in [2.24, 2.45) is 0 Å². The van der Waals surface area contributed by atoms with Crippen LogP contribution in [0.4, 0.5) is 13.8 Å². The van der Waals surface area contributed by atoms with Crippen LogP contribution in [0.25, 0.3) is 0 Å². The van der Waals surface area contributed by atoms with Gasteiger partial charge in [0, 0.05) is 5.56 Å². The molecule has 0 bridgehead atoms. The summed E-state index contributed by atoms with van der Waals surface area (Å²) < 4.78 is 31.6. The van der Waals surface area contributed by atoms with Crippen molar-refractivity contribution in [1.29, 1.82) is 0 Å². The maximum Gasteiger partial charge on any atom is 0.341 e. The van der Waals surface area contributed by atoms with E-state index in [1.807, 2.05) is 5.38 Å². The Morgan fingerprint density at radius 2 is 2.07 bits per heavy atom. The van der Waals surface area contributed by atoms with Gasteiger partial charge in [-0.1, -0.05) is 0 Å². The minimum absolute atomic E-state index is 0.0824. The lowest BCUT2D eigenvalue weighted by molar-refractivity contribution is -0.682. The summed E-state index contributed by atoms with van der Waals surface area (Å²) >= 11 is 1.32. The van der Waals surface area contributed by atoms with Crippen LogP contribution in [0.1, 0.15) is 60.1 Å². The smallest absolute Gasteiger partial charge is 0.341 e. The molecule has 1 saturated carbocycles. The molecule has 3 N–H and O–H groups in total. The fraction of sp³-hybridized carbons (Fsp3) is 0.400. The zero-order chi connectivity index (χ0) is 20.3. The number of quaternary nitrogens is 1. The number of amides is 1. The molecule has 8 heteroatoms. The minimum Gasteiger partial charge on any atom is -0.462 e. The number of rotatable bonds is 8. The van der Waals surface area contributed by atoms with Crippen molar-refractivity contribution < 1.29 is 28.4 Å². The molecule has 0 unspecified atom stereocenters. The first-order valence-corrected chi connectivity index (χ1v) is 10.1. The fourth-order valence-corrected chi connectivity index (χ4v) is 4.01. The molecule has 5 nitrogen and oxygen atoms in total. The Balaban J connectivity index is 1.63. The molecule has 28 heavy (non-hydrogen) atoms. The lowest BCUT2D eigenvalue weighted by atomic mass is 10.1. The van der Waals surface area contributed by atoms with Crippen molar-refractivity contribution in [3.8, 4) is 0 Å². The van der Waals surface area contributed by atoms with Gasteiger partial charge in [-0.25, -0.2) is 13.6 Å². The van der Waals surface area contributed by atoms with Crippen LogP contribution in [0.15, 0.2) is 23.6 Å². The SMILES string of the molecule is CCOC(=O)c1c(C2CC2)csc1NC(=O)C[NH2+][C@H](C)c1ccc(F)c(F)c1. The van der Waals surface area contributed by atoms with E-state index < -0.39 is 17.6 Å². The van der Waals surface area contributed by atoms with E-state index in [0.717, 1.165) is 30.5 Å². The molecule has 1 heterocycles. The average molecular weight is 409 g/mol. The number of carbonyl (C=O) groups is 2. The number of hydrogen-bond donors (Lipinski definition) is 2. The number of thiophene rings is 1. The summed E-state index contributed by atoms with van der Waals surface area (Å²) in [6.07, 6.45) is 2.08. The van der Waals surface area contributed by atoms with Gasteiger partial charge in [-0.15, -0.1) is 11.3 Å². The molecule has 1 aromatic heterocycles. The van der Waals surface area contributed by atoms with Crippen LogP contribution in [0.3, 0.4) is 0 Å². The Morgan fingerprint density at radius 1 is 1.32 bits per heavy atom. The molecule has 150 valence electrons. The largest absolute Gasteiger partial charge is 0.462 e. The lowest BCUT2D eigenvalue weighted by Crippen LogP contribution is -2.86. The van der Waals surface area contributed by atoms with Gasteiger partial charge >= 0.3 is 5.97 Å². The third-order valence-corrected chi connectivity index (χ3v) is 5.61. The first-order valence-electron chi connectivity index (χ1n) is 9.27. The summed E-state index contributed by atoms with van der Waals surface area (Å²) in [6.45, 7) is 3.90. The van der Waals surface area contributed by atoms with E-state index in [1.54, 1.807) is 19.2 Å². The Bertz CT molecular complexity index is 880. The lowest BCUT2D eigenvalue weighted by Gasteiger charge is -2.12. The molecule has 0 spiro atoms. The maximum absolute atomic E-state index is 13.4. The van der Waals surface area contributed by atoms with Crippen molar-refractivity contribution >= 4 is 28.2 Å². The van der Waals surface area contributed by atoms with Crippen molar-refractivity contribution in [2.75, 3.05) is 18.5 Å². The molecular formula is C20H23F2N2O3S+. The summed E-state index contributed by atoms with van der Waals surface area (Å²) in [7, 11) is 0. The number of hydrogen-bond acceptors (Lipinski definition) is 4. The topological polar surface area (TPSA) is 72.0 Å². The quantitative estimate of drug-likeness (QED) is 0.657. The van der Waals surface area contributed by atoms with Crippen molar-refractivity contribution in [3.63, 3.8) is 0 Å². The van der Waals surface area contributed by atoms with Gasteiger partial charge in [-0.05, 0) is 61.7 Å². The first kappa shape index (κ1) is 20.4. The van der Waals surface area contributed by atoms with E-state index in [0.29, 0.717) is 22.0 Å². The van der Waals surface area contributed by atoms with E-state index in [4.69, 9.17) is 4.74 Å². The summed E-state index contributed by atoms with van der Waals surface area (Å²) in [5.74, 6) is -2.14. The Hall–Kier alpha value is -2.32. The molecular weight excluding hydrogens is 386 g/mol. The number of halogens is 2. The van der Waals surface area contributed by atoms with Crippen LogP contribution in [-0.4, -0.2) is 25.0 Å². The second-order valence-corrected chi connectivity index (χ2v) is 7.72.